The van der Waals surface area contributed by atoms with Gasteiger partial charge in [0.1, 0.15) is 12.7 Å². The van der Waals surface area contributed by atoms with Gasteiger partial charge in [0.05, 0.1) is 6.61 Å². The van der Waals surface area contributed by atoms with Crippen LogP contribution in [0, 0.1) is 0 Å². The Bertz CT molecular complexity index is 413. The summed E-state index contributed by atoms with van der Waals surface area (Å²) in [5.74, 6) is -0.311. The van der Waals surface area contributed by atoms with E-state index in [2.05, 4.69) is 43.4 Å². The van der Waals surface area contributed by atoms with Crippen molar-refractivity contribution in [1.29, 1.82) is 0 Å². The molecule has 0 spiro atoms. The van der Waals surface area contributed by atoms with E-state index < -0.39 is 6.10 Å². The number of aliphatic hydroxyl groups excluding tert-OH is 2. The zero-order valence-electron chi connectivity index (χ0n) is 17.2. The maximum Gasteiger partial charge on any atom is 0.305 e. The number of allylic oxidation sites excluding steroid dienone is 6. The van der Waals surface area contributed by atoms with Crippen LogP contribution in [0.15, 0.2) is 36.5 Å². The van der Waals surface area contributed by atoms with E-state index in [1.807, 2.05) is 0 Å². The Morgan fingerprint density at radius 1 is 0.852 bits per heavy atom. The summed E-state index contributed by atoms with van der Waals surface area (Å²) < 4.78 is 4.85. The molecule has 0 heterocycles. The fourth-order valence-electron chi connectivity index (χ4n) is 2.45. The zero-order valence-corrected chi connectivity index (χ0v) is 17.2. The number of ether oxygens (including phenoxy) is 1. The second kappa shape index (κ2) is 20.9. The topological polar surface area (TPSA) is 66.8 Å². The van der Waals surface area contributed by atoms with Crippen LogP contribution < -0.4 is 0 Å². The minimum atomic E-state index is -0.973. The lowest BCUT2D eigenvalue weighted by molar-refractivity contribution is -0.147. The average molecular weight is 381 g/mol. The zero-order chi connectivity index (χ0) is 20.0. The SMILES string of the molecule is CCCCCC=CCC=CCCCC=CCCCCC(=O)OCC(O)CO. The third kappa shape index (κ3) is 20.8. The fraction of sp³-hybridized carbons (Fsp3) is 0.696. The van der Waals surface area contributed by atoms with Gasteiger partial charge in [-0.15, -0.1) is 0 Å². The maximum atomic E-state index is 11.4. The summed E-state index contributed by atoms with van der Waals surface area (Å²) in [4.78, 5) is 11.4. The van der Waals surface area contributed by atoms with E-state index in [9.17, 15) is 4.79 Å². The molecule has 0 radical (unpaired) electrons. The van der Waals surface area contributed by atoms with Gasteiger partial charge in [-0.25, -0.2) is 0 Å². The van der Waals surface area contributed by atoms with Crippen molar-refractivity contribution in [2.24, 2.45) is 0 Å². The molecule has 4 heteroatoms. The molecule has 0 aromatic heterocycles. The van der Waals surface area contributed by atoms with E-state index in [1.54, 1.807) is 0 Å². The maximum absolute atomic E-state index is 11.4. The first-order valence-electron chi connectivity index (χ1n) is 10.6. The van der Waals surface area contributed by atoms with Crippen molar-refractivity contribution in [3.8, 4) is 0 Å². The molecule has 0 aliphatic rings. The standard InChI is InChI=1S/C23H40O4/c1-2-3-4-5-6-7-8-9-10-11-12-13-14-15-16-17-18-19-23(26)27-21-22(25)20-24/h6-7,9-10,14-15,22,24-25H,2-5,8,11-13,16-21H2,1H3. The highest BCUT2D eigenvalue weighted by atomic mass is 16.5. The molecule has 0 fully saturated rings. The third-order valence-electron chi connectivity index (χ3n) is 4.14. The number of hydrogen-bond acceptors (Lipinski definition) is 4. The predicted molar refractivity (Wildman–Crippen MR) is 113 cm³/mol. The molecule has 156 valence electrons. The Balaban J connectivity index is 3.38. The van der Waals surface area contributed by atoms with Gasteiger partial charge in [0, 0.05) is 6.42 Å². The largest absolute Gasteiger partial charge is 0.463 e. The van der Waals surface area contributed by atoms with Crippen molar-refractivity contribution in [1.82, 2.24) is 0 Å². The molecule has 0 aliphatic carbocycles. The Morgan fingerprint density at radius 2 is 1.41 bits per heavy atom. The van der Waals surface area contributed by atoms with Gasteiger partial charge < -0.3 is 14.9 Å². The Morgan fingerprint density at radius 3 is 2.00 bits per heavy atom. The number of unbranched alkanes of at least 4 members (excludes halogenated alkanes) is 7. The summed E-state index contributed by atoms with van der Waals surface area (Å²) in [6, 6.07) is 0. The molecule has 0 aromatic rings. The first-order valence-corrected chi connectivity index (χ1v) is 10.6. The summed E-state index contributed by atoms with van der Waals surface area (Å²) in [6.07, 6.45) is 25.2. The number of carbonyl (C=O) groups excluding carboxylic acids is 1. The molecule has 2 N–H and O–H groups in total. The van der Waals surface area contributed by atoms with E-state index in [0.29, 0.717) is 6.42 Å². The van der Waals surface area contributed by atoms with Crippen molar-refractivity contribution < 1.29 is 19.7 Å². The second-order valence-electron chi connectivity index (χ2n) is 6.84. The monoisotopic (exact) mass is 380 g/mol. The van der Waals surface area contributed by atoms with Crippen molar-refractivity contribution >= 4 is 5.97 Å². The lowest BCUT2D eigenvalue weighted by atomic mass is 10.1. The van der Waals surface area contributed by atoms with Gasteiger partial charge in [-0.05, 0) is 57.8 Å². The van der Waals surface area contributed by atoms with Crippen LogP contribution >= 0.6 is 0 Å². The first-order chi connectivity index (χ1) is 13.2. The molecular weight excluding hydrogens is 340 g/mol. The van der Waals surface area contributed by atoms with Crippen LogP contribution in [0.25, 0.3) is 0 Å². The lowest BCUT2D eigenvalue weighted by Gasteiger charge is -2.07. The third-order valence-corrected chi connectivity index (χ3v) is 4.14. The second-order valence-corrected chi connectivity index (χ2v) is 6.84. The molecule has 0 saturated heterocycles. The smallest absolute Gasteiger partial charge is 0.305 e. The highest BCUT2D eigenvalue weighted by Crippen LogP contribution is 2.05. The summed E-state index contributed by atoms with van der Waals surface area (Å²) in [7, 11) is 0. The van der Waals surface area contributed by atoms with Gasteiger partial charge >= 0.3 is 5.97 Å². The van der Waals surface area contributed by atoms with E-state index in [1.165, 1.54) is 32.1 Å². The highest BCUT2D eigenvalue weighted by molar-refractivity contribution is 5.69. The van der Waals surface area contributed by atoms with E-state index in [-0.39, 0.29) is 19.2 Å². The summed E-state index contributed by atoms with van der Waals surface area (Å²) >= 11 is 0. The van der Waals surface area contributed by atoms with E-state index in [0.717, 1.165) is 38.5 Å². The summed E-state index contributed by atoms with van der Waals surface area (Å²) in [5.41, 5.74) is 0. The van der Waals surface area contributed by atoms with Crippen LogP contribution in [0.3, 0.4) is 0 Å². The molecule has 0 rings (SSSR count). The number of aliphatic hydroxyl groups is 2. The van der Waals surface area contributed by atoms with Gasteiger partial charge in [0.15, 0.2) is 0 Å². The van der Waals surface area contributed by atoms with Gasteiger partial charge in [-0.3, -0.25) is 4.79 Å². The average Bonchev–Trinajstić information content (AvgIpc) is 2.68. The normalized spacial score (nSPS) is 13.1. The van der Waals surface area contributed by atoms with E-state index >= 15 is 0 Å². The van der Waals surface area contributed by atoms with Crippen molar-refractivity contribution in [2.75, 3.05) is 13.2 Å². The molecule has 0 bridgehead atoms. The van der Waals surface area contributed by atoms with Crippen LogP contribution in [0.5, 0.6) is 0 Å². The van der Waals surface area contributed by atoms with Gasteiger partial charge in [-0.1, -0.05) is 56.2 Å². The first kappa shape index (κ1) is 25.6. The van der Waals surface area contributed by atoms with Gasteiger partial charge in [0.2, 0.25) is 0 Å². The molecule has 1 unspecified atom stereocenters. The molecule has 0 saturated carbocycles. The minimum absolute atomic E-state index is 0.126. The predicted octanol–water partition coefficient (Wildman–Crippen LogP) is 5.25. The van der Waals surface area contributed by atoms with Crippen LogP contribution in [-0.2, 0) is 9.53 Å². The highest BCUT2D eigenvalue weighted by Gasteiger charge is 2.06. The Hall–Kier alpha value is -1.39. The molecule has 4 nitrogen and oxygen atoms in total. The lowest BCUT2D eigenvalue weighted by Crippen LogP contribution is -2.21. The molecule has 0 aromatic carbocycles. The number of hydrogen-bond donors (Lipinski definition) is 2. The van der Waals surface area contributed by atoms with Crippen molar-refractivity contribution in [2.45, 2.75) is 90.1 Å². The van der Waals surface area contributed by atoms with E-state index in [4.69, 9.17) is 14.9 Å². The fourth-order valence-corrected chi connectivity index (χ4v) is 2.45. The quantitative estimate of drug-likeness (QED) is 0.193. The van der Waals surface area contributed by atoms with Gasteiger partial charge in [-0.2, -0.15) is 0 Å². The van der Waals surface area contributed by atoms with Crippen LogP contribution in [-0.4, -0.2) is 35.5 Å². The minimum Gasteiger partial charge on any atom is -0.463 e. The van der Waals surface area contributed by atoms with Crippen LogP contribution in [0.4, 0.5) is 0 Å². The summed E-state index contributed by atoms with van der Waals surface area (Å²) in [6.45, 7) is 1.72. The molecule has 0 amide bonds. The number of rotatable bonds is 18. The Labute approximate surface area is 166 Å². The Kier molecular flexibility index (Phi) is 19.8. The van der Waals surface area contributed by atoms with Gasteiger partial charge in [0.25, 0.3) is 0 Å². The molecule has 0 aliphatic heterocycles. The number of esters is 1. The van der Waals surface area contributed by atoms with Crippen molar-refractivity contribution in [3.63, 3.8) is 0 Å². The molecule has 27 heavy (non-hydrogen) atoms. The summed E-state index contributed by atoms with van der Waals surface area (Å²) in [5, 5.41) is 17.7. The van der Waals surface area contributed by atoms with Crippen LogP contribution in [0.2, 0.25) is 0 Å². The van der Waals surface area contributed by atoms with Crippen molar-refractivity contribution in [3.05, 3.63) is 36.5 Å². The molecular formula is C23H40O4. The number of carbonyl (C=O) groups is 1. The van der Waals surface area contributed by atoms with Crippen LogP contribution in [0.1, 0.15) is 84.0 Å². The molecule has 1 atom stereocenters.